The number of hydrogen-bond donors (Lipinski definition) is 0. The van der Waals surface area contributed by atoms with Gasteiger partial charge in [0.25, 0.3) is 0 Å². The Morgan fingerprint density at radius 1 is 1.11 bits per heavy atom. The number of ether oxygens (including phenoxy) is 2. The lowest BCUT2D eigenvalue weighted by molar-refractivity contribution is 0.112. The van der Waals surface area contributed by atoms with Gasteiger partial charge in [-0.25, -0.2) is 0 Å². The number of hydrogen-bond acceptors (Lipinski definition) is 5. The smallest absolute Gasteiger partial charge is 0.240 e. The van der Waals surface area contributed by atoms with Crippen molar-refractivity contribution in [2.45, 2.75) is 13.8 Å². The zero-order chi connectivity index (χ0) is 14.0. The van der Waals surface area contributed by atoms with Crippen molar-refractivity contribution in [2.24, 2.45) is 0 Å². The highest BCUT2D eigenvalue weighted by molar-refractivity contribution is 5.77. The van der Waals surface area contributed by atoms with Gasteiger partial charge in [0.05, 0.1) is 20.3 Å². The molecular weight excluding hydrogens is 246 g/mol. The molecular formula is C13H15N3O3. The molecule has 0 N–H and O–H groups in total. The van der Waals surface area contributed by atoms with Crippen LogP contribution < -0.4 is 9.47 Å². The molecule has 0 fully saturated rings. The van der Waals surface area contributed by atoms with E-state index in [9.17, 15) is 4.79 Å². The molecule has 6 nitrogen and oxygen atoms in total. The molecule has 0 radical (unpaired) electrons. The summed E-state index contributed by atoms with van der Waals surface area (Å²) in [6.45, 7) is 3.72. The first-order chi connectivity index (χ1) is 9.10. The summed E-state index contributed by atoms with van der Waals surface area (Å²) in [6, 6.07) is 3.38. The second-order valence-electron chi connectivity index (χ2n) is 4.03. The van der Waals surface area contributed by atoms with E-state index in [1.54, 1.807) is 16.7 Å². The van der Waals surface area contributed by atoms with Crippen LogP contribution in [0.5, 0.6) is 11.8 Å². The number of aldehydes is 1. The number of methoxy groups -OCH3 is 2. The van der Waals surface area contributed by atoms with Gasteiger partial charge in [-0.1, -0.05) is 0 Å². The van der Waals surface area contributed by atoms with E-state index in [1.165, 1.54) is 14.2 Å². The molecule has 2 aromatic heterocycles. The van der Waals surface area contributed by atoms with Crippen LogP contribution in [0.2, 0.25) is 0 Å². The van der Waals surface area contributed by atoms with E-state index >= 15 is 0 Å². The highest BCUT2D eigenvalue weighted by Gasteiger charge is 2.14. The number of rotatable bonds is 4. The van der Waals surface area contributed by atoms with E-state index in [1.807, 2.05) is 13.8 Å². The zero-order valence-electron chi connectivity index (χ0n) is 11.3. The standard InChI is InChI=1S/C13H15N3O3/c1-8-5-10(7-17)9(2)16(8)13-14-11(18-3)6-12(15-13)19-4/h5-7H,1-4H3. The molecule has 2 heterocycles. The van der Waals surface area contributed by atoms with Crippen LogP contribution in [0.3, 0.4) is 0 Å². The second-order valence-corrected chi connectivity index (χ2v) is 4.03. The summed E-state index contributed by atoms with van der Waals surface area (Å²) in [5.41, 5.74) is 2.26. The Hall–Kier alpha value is -2.37. The molecule has 0 aliphatic rings. The summed E-state index contributed by atoms with van der Waals surface area (Å²) in [5.74, 6) is 1.23. The Morgan fingerprint density at radius 2 is 1.68 bits per heavy atom. The van der Waals surface area contributed by atoms with Gasteiger partial charge in [-0.15, -0.1) is 0 Å². The third kappa shape index (κ3) is 2.29. The Kier molecular flexibility index (Phi) is 3.50. The van der Waals surface area contributed by atoms with Crippen LogP contribution >= 0.6 is 0 Å². The molecule has 0 aliphatic carbocycles. The fourth-order valence-corrected chi connectivity index (χ4v) is 1.92. The number of nitrogens with zero attached hydrogens (tertiary/aromatic N) is 3. The second kappa shape index (κ2) is 5.09. The first-order valence-corrected chi connectivity index (χ1v) is 5.72. The molecule has 0 spiro atoms. The van der Waals surface area contributed by atoms with Crippen molar-refractivity contribution in [3.05, 3.63) is 29.1 Å². The predicted molar refractivity (Wildman–Crippen MR) is 69.3 cm³/mol. The maximum absolute atomic E-state index is 11.0. The van der Waals surface area contributed by atoms with E-state index in [2.05, 4.69) is 9.97 Å². The van der Waals surface area contributed by atoms with E-state index in [-0.39, 0.29) is 0 Å². The van der Waals surface area contributed by atoms with E-state index in [0.717, 1.165) is 17.7 Å². The molecule has 0 atom stereocenters. The summed E-state index contributed by atoms with van der Waals surface area (Å²) < 4.78 is 12.0. The van der Waals surface area contributed by atoms with Crippen LogP contribution in [-0.2, 0) is 0 Å². The summed E-state index contributed by atoms with van der Waals surface area (Å²) in [4.78, 5) is 19.5. The molecule has 2 aromatic rings. The minimum Gasteiger partial charge on any atom is -0.481 e. The van der Waals surface area contributed by atoms with Crippen LogP contribution in [0.4, 0.5) is 0 Å². The first kappa shape index (κ1) is 13.1. The minimum absolute atomic E-state index is 0.405. The maximum Gasteiger partial charge on any atom is 0.240 e. The average molecular weight is 261 g/mol. The monoisotopic (exact) mass is 261 g/mol. The van der Waals surface area contributed by atoms with Crippen molar-refractivity contribution >= 4 is 6.29 Å². The van der Waals surface area contributed by atoms with Gasteiger partial charge in [-0.2, -0.15) is 9.97 Å². The lowest BCUT2D eigenvalue weighted by atomic mass is 10.3. The highest BCUT2D eigenvalue weighted by atomic mass is 16.5. The molecule has 0 unspecified atom stereocenters. The minimum atomic E-state index is 0.405. The molecule has 100 valence electrons. The molecule has 19 heavy (non-hydrogen) atoms. The lowest BCUT2D eigenvalue weighted by Gasteiger charge is -2.10. The van der Waals surface area contributed by atoms with Crippen molar-refractivity contribution < 1.29 is 14.3 Å². The molecule has 0 saturated carbocycles. The van der Waals surface area contributed by atoms with Crippen molar-refractivity contribution in [2.75, 3.05) is 14.2 Å². The van der Waals surface area contributed by atoms with Gasteiger partial charge in [0.15, 0.2) is 6.29 Å². The molecule has 0 aliphatic heterocycles. The fraction of sp³-hybridized carbons (Fsp3) is 0.308. The van der Waals surface area contributed by atoms with E-state index in [4.69, 9.17) is 9.47 Å². The van der Waals surface area contributed by atoms with Gasteiger partial charge in [-0.05, 0) is 19.9 Å². The molecule has 0 aromatic carbocycles. The lowest BCUT2D eigenvalue weighted by Crippen LogP contribution is -2.07. The number of carbonyl (C=O) groups is 1. The first-order valence-electron chi connectivity index (χ1n) is 5.72. The molecule has 0 bridgehead atoms. The normalized spacial score (nSPS) is 10.3. The summed E-state index contributed by atoms with van der Waals surface area (Å²) >= 11 is 0. The quantitative estimate of drug-likeness (QED) is 0.784. The Balaban J connectivity index is 2.64. The average Bonchev–Trinajstić information content (AvgIpc) is 2.72. The van der Waals surface area contributed by atoms with Crippen molar-refractivity contribution in [1.29, 1.82) is 0 Å². The topological polar surface area (TPSA) is 66.2 Å². The molecule has 0 saturated heterocycles. The van der Waals surface area contributed by atoms with E-state index < -0.39 is 0 Å². The van der Waals surface area contributed by atoms with Crippen LogP contribution in [0.25, 0.3) is 5.95 Å². The molecule has 0 amide bonds. The summed E-state index contributed by atoms with van der Waals surface area (Å²) in [5, 5.41) is 0. The summed E-state index contributed by atoms with van der Waals surface area (Å²) in [6.07, 6.45) is 0.816. The Bertz CT molecular complexity index is 598. The Labute approximate surface area is 111 Å². The van der Waals surface area contributed by atoms with Gasteiger partial charge in [-0.3, -0.25) is 9.36 Å². The van der Waals surface area contributed by atoms with Gasteiger partial charge in [0.1, 0.15) is 0 Å². The fourth-order valence-electron chi connectivity index (χ4n) is 1.92. The van der Waals surface area contributed by atoms with Crippen molar-refractivity contribution in [1.82, 2.24) is 14.5 Å². The van der Waals surface area contributed by atoms with Crippen LogP contribution in [-0.4, -0.2) is 35.0 Å². The molecule has 6 heteroatoms. The largest absolute Gasteiger partial charge is 0.481 e. The predicted octanol–water partition coefficient (Wildman–Crippen LogP) is 1.71. The van der Waals surface area contributed by atoms with Crippen LogP contribution in [0.15, 0.2) is 12.1 Å². The third-order valence-corrected chi connectivity index (χ3v) is 2.88. The number of carbonyl (C=O) groups excluding carboxylic acids is 1. The Morgan fingerprint density at radius 3 is 2.11 bits per heavy atom. The van der Waals surface area contributed by atoms with Crippen molar-refractivity contribution in [3.8, 4) is 17.7 Å². The number of aromatic nitrogens is 3. The van der Waals surface area contributed by atoms with Gasteiger partial charge in [0.2, 0.25) is 17.7 Å². The van der Waals surface area contributed by atoms with E-state index in [0.29, 0.717) is 23.3 Å². The maximum atomic E-state index is 11.0. The SMILES string of the molecule is COc1cc(OC)nc(-n2c(C)cc(C=O)c2C)n1. The van der Waals surface area contributed by atoms with Crippen LogP contribution in [0, 0.1) is 13.8 Å². The highest BCUT2D eigenvalue weighted by Crippen LogP contribution is 2.21. The third-order valence-electron chi connectivity index (χ3n) is 2.88. The van der Waals surface area contributed by atoms with Gasteiger partial charge in [0, 0.05) is 17.0 Å². The number of aryl methyl sites for hydroxylation is 1. The van der Waals surface area contributed by atoms with Crippen LogP contribution in [0.1, 0.15) is 21.7 Å². The van der Waals surface area contributed by atoms with Gasteiger partial charge >= 0.3 is 0 Å². The summed E-state index contributed by atoms with van der Waals surface area (Å²) in [7, 11) is 3.05. The molecule has 2 rings (SSSR count). The van der Waals surface area contributed by atoms with Gasteiger partial charge < -0.3 is 9.47 Å². The van der Waals surface area contributed by atoms with Crippen molar-refractivity contribution in [3.63, 3.8) is 0 Å². The zero-order valence-corrected chi connectivity index (χ0v) is 11.3.